The van der Waals surface area contributed by atoms with Crippen molar-refractivity contribution in [2.45, 2.75) is 32.4 Å². The molecule has 0 aromatic heterocycles. The fraction of sp³-hybridized carbons (Fsp3) is 0.533. The molecule has 2 atom stereocenters. The molecule has 104 valence electrons. The van der Waals surface area contributed by atoms with Crippen molar-refractivity contribution >= 4 is 29.9 Å². The quantitative estimate of drug-likeness (QED) is 0.467. The third-order valence-corrected chi connectivity index (χ3v) is 4.07. The smallest absolute Gasteiger partial charge is 0.194 e. The minimum atomic E-state index is 0. The van der Waals surface area contributed by atoms with E-state index in [0.717, 1.165) is 31.4 Å². The predicted octanol–water partition coefficient (Wildman–Crippen LogP) is 2.65. The first-order valence-electron chi connectivity index (χ1n) is 6.83. The van der Waals surface area contributed by atoms with E-state index in [9.17, 15) is 0 Å². The van der Waals surface area contributed by atoms with E-state index in [1.54, 1.807) is 0 Å². The van der Waals surface area contributed by atoms with Crippen molar-refractivity contribution < 1.29 is 0 Å². The van der Waals surface area contributed by atoms with E-state index in [4.69, 9.17) is 0 Å². The van der Waals surface area contributed by atoms with Gasteiger partial charge >= 0.3 is 0 Å². The van der Waals surface area contributed by atoms with Gasteiger partial charge in [-0.15, -0.1) is 24.0 Å². The van der Waals surface area contributed by atoms with E-state index in [1.165, 1.54) is 17.5 Å². The van der Waals surface area contributed by atoms with E-state index in [0.29, 0.717) is 6.04 Å². The predicted molar refractivity (Wildman–Crippen MR) is 90.0 cm³/mol. The van der Waals surface area contributed by atoms with Crippen LogP contribution in [0, 0.1) is 5.92 Å². The summed E-state index contributed by atoms with van der Waals surface area (Å²) in [5.74, 6) is 1.87. The number of hydrogen-bond donors (Lipinski definition) is 1. The van der Waals surface area contributed by atoms with Crippen LogP contribution >= 0.6 is 24.0 Å². The van der Waals surface area contributed by atoms with Crippen LogP contribution in [0.15, 0.2) is 29.3 Å². The van der Waals surface area contributed by atoms with E-state index in [-0.39, 0.29) is 24.0 Å². The van der Waals surface area contributed by atoms with Crippen molar-refractivity contribution in [1.82, 2.24) is 10.2 Å². The molecule has 1 aliphatic carbocycles. The van der Waals surface area contributed by atoms with Gasteiger partial charge in [-0.05, 0) is 29.9 Å². The first-order valence-corrected chi connectivity index (χ1v) is 6.83. The van der Waals surface area contributed by atoms with Crippen LogP contribution in [0.1, 0.15) is 24.5 Å². The highest BCUT2D eigenvalue weighted by Crippen LogP contribution is 2.29. The second kappa shape index (κ2) is 6.11. The van der Waals surface area contributed by atoms with Crippen molar-refractivity contribution in [2.75, 3.05) is 13.6 Å². The topological polar surface area (TPSA) is 27.6 Å². The summed E-state index contributed by atoms with van der Waals surface area (Å²) < 4.78 is 0. The molecule has 19 heavy (non-hydrogen) atoms. The van der Waals surface area contributed by atoms with Crippen LogP contribution in [0.25, 0.3) is 0 Å². The van der Waals surface area contributed by atoms with Gasteiger partial charge in [0.25, 0.3) is 0 Å². The molecule has 0 spiro atoms. The number of rotatable bonds is 1. The first-order chi connectivity index (χ1) is 8.78. The minimum absolute atomic E-state index is 0. The summed E-state index contributed by atoms with van der Waals surface area (Å²) in [6.07, 6.45) is 2.40. The Hall–Kier alpha value is -0.780. The molecule has 2 aliphatic rings. The lowest BCUT2D eigenvalue weighted by Crippen LogP contribution is -2.45. The molecule has 0 saturated heterocycles. The fourth-order valence-corrected chi connectivity index (χ4v) is 2.66. The summed E-state index contributed by atoms with van der Waals surface area (Å²) in [7, 11) is 1.88. The number of benzene rings is 1. The second-order valence-electron chi connectivity index (χ2n) is 5.45. The molecule has 0 radical (unpaired) electrons. The van der Waals surface area contributed by atoms with Gasteiger partial charge in [0.1, 0.15) is 0 Å². The van der Waals surface area contributed by atoms with Crippen molar-refractivity contribution in [3.05, 3.63) is 35.4 Å². The lowest BCUT2D eigenvalue weighted by atomic mass is 10.0. The molecule has 3 rings (SSSR count). The highest BCUT2D eigenvalue weighted by atomic mass is 127. The third-order valence-electron chi connectivity index (χ3n) is 4.07. The highest BCUT2D eigenvalue weighted by molar-refractivity contribution is 14.0. The molecule has 1 N–H and O–H groups in total. The highest BCUT2D eigenvalue weighted by Gasteiger charge is 2.34. The molecular formula is C15H22IN3. The molecule has 1 aromatic carbocycles. The van der Waals surface area contributed by atoms with Gasteiger partial charge in [0.2, 0.25) is 0 Å². The van der Waals surface area contributed by atoms with Crippen LogP contribution < -0.4 is 5.32 Å². The molecule has 1 aromatic rings. The summed E-state index contributed by atoms with van der Waals surface area (Å²) in [5.41, 5.74) is 2.93. The molecule has 1 aliphatic heterocycles. The van der Waals surface area contributed by atoms with Gasteiger partial charge in [-0.3, -0.25) is 4.99 Å². The Morgan fingerprint density at radius 2 is 2.00 bits per heavy atom. The molecule has 0 bridgehead atoms. The molecule has 1 heterocycles. The maximum Gasteiger partial charge on any atom is 0.194 e. The van der Waals surface area contributed by atoms with Gasteiger partial charge in [-0.2, -0.15) is 0 Å². The Bertz CT molecular complexity index is 472. The number of hydrogen-bond acceptors (Lipinski definition) is 1. The average Bonchev–Trinajstić information content (AvgIpc) is 3.11. The zero-order valence-corrected chi connectivity index (χ0v) is 13.9. The maximum atomic E-state index is 4.43. The Kier molecular flexibility index (Phi) is 4.71. The fourth-order valence-electron chi connectivity index (χ4n) is 2.66. The molecular weight excluding hydrogens is 349 g/mol. The summed E-state index contributed by atoms with van der Waals surface area (Å²) in [6.45, 7) is 4.34. The minimum Gasteiger partial charge on any atom is -0.353 e. The molecule has 1 fully saturated rings. The summed E-state index contributed by atoms with van der Waals surface area (Å²) >= 11 is 0. The van der Waals surface area contributed by atoms with Gasteiger partial charge in [-0.1, -0.05) is 31.2 Å². The summed E-state index contributed by atoms with van der Waals surface area (Å²) in [4.78, 5) is 6.80. The van der Waals surface area contributed by atoms with Gasteiger partial charge in [0.15, 0.2) is 5.96 Å². The molecule has 0 amide bonds. The van der Waals surface area contributed by atoms with E-state index in [2.05, 4.69) is 46.4 Å². The number of guanidine groups is 1. The largest absolute Gasteiger partial charge is 0.353 e. The van der Waals surface area contributed by atoms with Crippen LogP contribution in [0.2, 0.25) is 0 Å². The Morgan fingerprint density at radius 3 is 2.63 bits per heavy atom. The zero-order valence-electron chi connectivity index (χ0n) is 11.6. The monoisotopic (exact) mass is 371 g/mol. The zero-order chi connectivity index (χ0) is 12.5. The van der Waals surface area contributed by atoms with Gasteiger partial charge in [0, 0.05) is 26.2 Å². The number of aliphatic imine (C=N–C) groups is 1. The normalized spacial score (nSPS) is 25.4. The van der Waals surface area contributed by atoms with Gasteiger partial charge < -0.3 is 10.2 Å². The van der Waals surface area contributed by atoms with Crippen LogP contribution in [0.5, 0.6) is 0 Å². The van der Waals surface area contributed by atoms with Crippen molar-refractivity contribution in [2.24, 2.45) is 10.9 Å². The molecule has 2 unspecified atom stereocenters. The maximum absolute atomic E-state index is 4.43. The van der Waals surface area contributed by atoms with E-state index < -0.39 is 0 Å². The summed E-state index contributed by atoms with van der Waals surface area (Å²) in [5, 5.41) is 3.57. The Balaban J connectivity index is 0.00000133. The molecule has 4 heteroatoms. The van der Waals surface area contributed by atoms with Crippen LogP contribution in [0.4, 0.5) is 0 Å². The van der Waals surface area contributed by atoms with Crippen molar-refractivity contribution in [1.29, 1.82) is 0 Å². The Labute approximate surface area is 132 Å². The standard InChI is InChI=1S/C15H21N3.HI/c1-11-9-14(11)17-15(16-2)18-8-7-12-5-3-4-6-13(12)10-18;/h3-6,11,14H,7-10H2,1-2H3,(H,16,17);1H. The lowest BCUT2D eigenvalue weighted by Gasteiger charge is -2.31. The van der Waals surface area contributed by atoms with Gasteiger partial charge in [-0.25, -0.2) is 0 Å². The first kappa shape index (κ1) is 14.6. The molecule has 1 saturated carbocycles. The van der Waals surface area contributed by atoms with Crippen molar-refractivity contribution in [3.8, 4) is 0 Å². The van der Waals surface area contributed by atoms with Crippen LogP contribution in [0.3, 0.4) is 0 Å². The second-order valence-corrected chi connectivity index (χ2v) is 5.45. The SMILES string of the molecule is CN=C(NC1CC1C)N1CCc2ccccc2C1.I. The van der Waals surface area contributed by atoms with Crippen molar-refractivity contribution in [3.63, 3.8) is 0 Å². The number of fused-ring (bicyclic) bond motifs is 1. The Morgan fingerprint density at radius 1 is 1.32 bits per heavy atom. The number of halogens is 1. The van der Waals surface area contributed by atoms with Crippen LogP contribution in [-0.2, 0) is 13.0 Å². The third kappa shape index (κ3) is 3.22. The van der Waals surface area contributed by atoms with E-state index in [1.807, 2.05) is 7.05 Å². The van der Waals surface area contributed by atoms with Crippen LogP contribution in [-0.4, -0.2) is 30.5 Å². The van der Waals surface area contributed by atoms with E-state index >= 15 is 0 Å². The number of nitrogens with one attached hydrogen (secondary N) is 1. The summed E-state index contributed by atoms with van der Waals surface area (Å²) in [6, 6.07) is 9.37. The molecule has 3 nitrogen and oxygen atoms in total. The lowest BCUT2D eigenvalue weighted by molar-refractivity contribution is 0.377. The van der Waals surface area contributed by atoms with Gasteiger partial charge in [0.05, 0.1) is 0 Å². The number of nitrogens with zero attached hydrogens (tertiary/aromatic N) is 2. The average molecular weight is 371 g/mol.